The van der Waals surface area contributed by atoms with Gasteiger partial charge in [0.1, 0.15) is 12.1 Å². The first-order valence-electron chi connectivity index (χ1n) is 9.97. The number of fused-ring (bicyclic) bond motifs is 1. The minimum absolute atomic E-state index is 0.512. The Labute approximate surface area is 164 Å². The van der Waals surface area contributed by atoms with Crippen molar-refractivity contribution >= 4 is 11.5 Å². The molecule has 0 N–H and O–H groups in total. The number of ether oxygens (including phenoxy) is 1. The molecule has 0 bridgehead atoms. The summed E-state index contributed by atoms with van der Waals surface area (Å²) in [5, 5.41) is 8.65. The van der Waals surface area contributed by atoms with Crippen LogP contribution in [-0.2, 0) is 6.54 Å². The largest absolute Gasteiger partial charge is 0.481 e. The second-order valence-corrected chi connectivity index (χ2v) is 7.61. The van der Waals surface area contributed by atoms with Gasteiger partial charge in [-0.15, -0.1) is 10.2 Å². The molecule has 1 saturated carbocycles. The summed E-state index contributed by atoms with van der Waals surface area (Å²) < 4.78 is 7.38. The van der Waals surface area contributed by atoms with Crippen molar-refractivity contribution in [2.24, 2.45) is 0 Å². The number of rotatable bonds is 6. The quantitative estimate of drug-likeness (QED) is 0.650. The molecule has 1 aliphatic heterocycles. The van der Waals surface area contributed by atoms with Crippen molar-refractivity contribution in [3.63, 3.8) is 0 Å². The van der Waals surface area contributed by atoms with Crippen molar-refractivity contribution in [2.75, 3.05) is 25.1 Å². The van der Waals surface area contributed by atoms with Gasteiger partial charge in [-0.05, 0) is 37.8 Å². The van der Waals surface area contributed by atoms with E-state index in [2.05, 4.69) is 34.4 Å². The SMILES string of the molecule is COc1cc(N(C2CC2)C2CCN(Cc3nnc4ccccn34)CC2)ncn1. The number of likely N-dealkylation sites (tertiary alicyclic amines) is 1. The summed E-state index contributed by atoms with van der Waals surface area (Å²) in [6, 6.07) is 9.10. The van der Waals surface area contributed by atoms with Crippen molar-refractivity contribution in [1.82, 2.24) is 29.5 Å². The average molecular weight is 379 g/mol. The second-order valence-electron chi connectivity index (χ2n) is 7.61. The summed E-state index contributed by atoms with van der Waals surface area (Å²) in [6.45, 7) is 2.94. The lowest BCUT2D eigenvalue weighted by Crippen LogP contribution is -2.46. The number of nitrogens with zero attached hydrogens (tertiary/aromatic N) is 7. The first-order chi connectivity index (χ1) is 13.8. The maximum absolute atomic E-state index is 5.30. The predicted octanol–water partition coefficient (Wildman–Crippen LogP) is 2.16. The molecule has 0 amide bonds. The van der Waals surface area contributed by atoms with Crippen LogP contribution in [-0.4, -0.2) is 61.7 Å². The molecule has 0 aromatic carbocycles. The first kappa shape index (κ1) is 17.4. The number of pyridine rings is 1. The van der Waals surface area contributed by atoms with Crippen LogP contribution in [0.5, 0.6) is 5.88 Å². The van der Waals surface area contributed by atoms with Gasteiger partial charge in [-0.25, -0.2) is 9.97 Å². The van der Waals surface area contributed by atoms with Crippen LogP contribution in [0.25, 0.3) is 5.65 Å². The third-order valence-electron chi connectivity index (χ3n) is 5.74. The smallest absolute Gasteiger partial charge is 0.218 e. The van der Waals surface area contributed by atoms with Gasteiger partial charge in [0.15, 0.2) is 11.5 Å². The van der Waals surface area contributed by atoms with Crippen LogP contribution in [0.1, 0.15) is 31.5 Å². The lowest BCUT2D eigenvalue weighted by molar-refractivity contribution is 0.195. The summed E-state index contributed by atoms with van der Waals surface area (Å²) in [4.78, 5) is 13.7. The molecule has 0 atom stereocenters. The van der Waals surface area contributed by atoms with E-state index < -0.39 is 0 Å². The van der Waals surface area contributed by atoms with E-state index in [9.17, 15) is 0 Å². The fraction of sp³-hybridized carbons (Fsp3) is 0.500. The summed E-state index contributed by atoms with van der Waals surface area (Å²) in [6.07, 6.45) is 8.39. The van der Waals surface area contributed by atoms with Gasteiger partial charge in [0.2, 0.25) is 5.88 Å². The van der Waals surface area contributed by atoms with Crippen LogP contribution < -0.4 is 9.64 Å². The highest BCUT2D eigenvalue weighted by molar-refractivity contribution is 5.45. The van der Waals surface area contributed by atoms with Crippen molar-refractivity contribution in [3.8, 4) is 5.88 Å². The maximum Gasteiger partial charge on any atom is 0.218 e. The molecule has 146 valence electrons. The lowest BCUT2D eigenvalue weighted by Gasteiger charge is -2.39. The van der Waals surface area contributed by atoms with Crippen molar-refractivity contribution in [3.05, 3.63) is 42.6 Å². The van der Waals surface area contributed by atoms with E-state index in [1.54, 1.807) is 13.4 Å². The molecular formula is C20H25N7O. The molecule has 8 heteroatoms. The van der Waals surface area contributed by atoms with Gasteiger partial charge in [-0.3, -0.25) is 9.30 Å². The molecule has 0 unspecified atom stereocenters. The standard InChI is InChI=1S/C20H25N7O/c1-28-20-12-18(21-14-22-20)27(15-5-6-15)16-7-10-25(11-8-16)13-19-24-23-17-4-2-3-9-26(17)19/h2-4,9,12,14-16H,5-8,10-11,13H2,1H3. The molecule has 3 aromatic rings. The van der Waals surface area contributed by atoms with Crippen LogP contribution in [0.4, 0.5) is 5.82 Å². The lowest BCUT2D eigenvalue weighted by atomic mass is 10.0. The average Bonchev–Trinajstić information content (AvgIpc) is 3.50. The third kappa shape index (κ3) is 3.40. The van der Waals surface area contributed by atoms with Crippen molar-refractivity contribution < 1.29 is 4.74 Å². The molecule has 2 aliphatic rings. The highest BCUT2D eigenvalue weighted by Crippen LogP contribution is 2.36. The molecule has 28 heavy (non-hydrogen) atoms. The highest BCUT2D eigenvalue weighted by atomic mass is 16.5. The van der Waals surface area contributed by atoms with Gasteiger partial charge in [0, 0.05) is 37.4 Å². The van der Waals surface area contributed by atoms with Gasteiger partial charge in [-0.1, -0.05) is 6.07 Å². The fourth-order valence-electron chi connectivity index (χ4n) is 4.16. The number of methoxy groups -OCH3 is 1. The molecule has 0 radical (unpaired) electrons. The zero-order valence-corrected chi connectivity index (χ0v) is 16.1. The number of hydrogen-bond acceptors (Lipinski definition) is 7. The van der Waals surface area contributed by atoms with Crippen molar-refractivity contribution in [1.29, 1.82) is 0 Å². The summed E-state index contributed by atoms with van der Waals surface area (Å²) >= 11 is 0. The monoisotopic (exact) mass is 379 g/mol. The van der Waals surface area contributed by atoms with E-state index in [4.69, 9.17) is 4.74 Å². The van der Waals surface area contributed by atoms with Gasteiger partial charge < -0.3 is 9.64 Å². The molecule has 1 saturated heterocycles. The third-order valence-corrected chi connectivity index (χ3v) is 5.74. The molecular weight excluding hydrogens is 354 g/mol. The van der Waals surface area contributed by atoms with Crippen LogP contribution in [0.15, 0.2) is 36.8 Å². The van der Waals surface area contributed by atoms with Crippen LogP contribution in [0, 0.1) is 0 Å². The summed E-state index contributed by atoms with van der Waals surface area (Å²) in [7, 11) is 1.65. The Morgan fingerprint density at radius 1 is 1.07 bits per heavy atom. The normalized spacial score (nSPS) is 18.5. The zero-order chi connectivity index (χ0) is 18.9. The van der Waals surface area contributed by atoms with E-state index in [0.29, 0.717) is 18.0 Å². The molecule has 2 fully saturated rings. The number of piperidine rings is 1. The Morgan fingerprint density at radius 3 is 2.68 bits per heavy atom. The van der Waals surface area contributed by atoms with Crippen LogP contribution in [0.2, 0.25) is 0 Å². The Hall–Kier alpha value is -2.74. The minimum Gasteiger partial charge on any atom is -0.481 e. The predicted molar refractivity (Wildman–Crippen MR) is 105 cm³/mol. The maximum atomic E-state index is 5.30. The first-order valence-corrected chi connectivity index (χ1v) is 9.97. The molecule has 3 aromatic heterocycles. The highest BCUT2D eigenvalue weighted by Gasteiger charge is 2.36. The second kappa shape index (κ2) is 7.35. The van der Waals surface area contributed by atoms with Gasteiger partial charge >= 0.3 is 0 Å². The van der Waals surface area contributed by atoms with Gasteiger partial charge in [0.05, 0.1) is 13.7 Å². The van der Waals surface area contributed by atoms with E-state index in [1.807, 2.05) is 30.5 Å². The molecule has 4 heterocycles. The molecule has 0 spiro atoms. The van der Waals surface area contributed by atoms with Gasteiger partial charge in [-0.2, -0.15) is 0 Å². The zero-order valence-electron chi connectivity index (χ0n) is 16.1. The molecule has 8 nitrogen and oxygen atoms in total. The summed E-state index contributed by atoms with van der Waals surface area (Å²) in [5.41, 5.74) is 0.907. The minimum atomic E-state index is 0.512. The van der Waals surface area contributed by atoms with Crippen LogP contribution in [0.3, 0.4) is 0 Å². The van der Waals surface area contributed by atoms with Crippen LogP contribution >= 0.6 is 0 Å². The van der Waals surface area contributed by atoms with E-state index in [1.165, 1.54) is 12.8 Å². The topological polar surface area (TPSA) is 71.7 Å². The number of aromatic nitrogens is 5. The Morgan fingerprint density at radius 2 is 1.89 bits per heavy atom. The summed E-state index contributed by atoms with van der Waals surface area (Å²) in [5.74, 6) is 2.64. The van der Waals surface area contributed by atoms with Gasteiger partial charge in [0.25, 0.3) is 0 Å². The fourth-order valence-corrected chi connectivity index (χ4v) is 4.16. The Balaban J connectivity index is 1.26. The number of anilines is 1. The van der Waals surface area contributed by atoms with E-state index >= 15 is 0 Å². The Kier molecular flexibility index (Phi) is 4.56. The molecule has 5 rings (SSSR count). The number of hydrogen-bond donors (Lipinski definition) is 0. The van der Waals surface area contributed by atoms with Crippen molar-refractivity contribution in [2.45, 2.75) is 44.3 Å². The van der Waals surface area contributed by atoms with E-state index in [-0.39, 0.29) is 0 Å². The molecule has 1 aliphatic carbocycles. The Bertz CT molecular complexity index is 946. The van der Waals surface area contributed by atoms with E-state index in [0.717, 1.165) is 49.8 Å².